The van der Waals surface area contributed by atoms with Crippen LogP contribution in [-0.4, -0.2) is 28.7 Å². The predicted molar refractivity (Wildman–Crippen MR) is 60.7 cm³/mol. The average molecular weight is 223 g/mol. The Morgan fingerprint density at radius 1 is 1.56 bits per heavy atom. The van der Waals surface area contributed by atoms with E-state index in [-0.39, 0.29) is 5.91 Å². The van der Waals surface area contributed by atoms with Gasteiger partial charge in [0, 0.05) is 19.3 Å². The molecular weight excluding hydrogens is 206 g/mol. The number of carbonyl (C=O) groups excluding carboxylic acids is 1. The zero-order chi connectivity index (χ0) is 11.5. The van der Waals surface area contributed by atoms with Crippen molar-refractivity contribution in [2.75, 3.05) is 18.9 Å². The number of nitrogens with zero attached hydrogens (tertiary/aromatic N) is 2. The van der Waals surface area contributed by atoms with Gasteiger partial charge in [0.05, 0.1) is 12.3 Å². The molecule has 0 bridgehead atoms. The highest BCUT2D eigenvalue weighted by molar-refractivity contribution is 5.93. The minimum Gasteiger partial charge on any atom is -0.397 e. The summed E-state index contributed by atoms with van der Waals surface area (Å²) in [5, 5.41) is 1.43. The maximum absolute atomic E-state index is 12.1. The van der Waals surface area contributed by atoms with Crippen LogP contribution in [-0.2, 0) is 11.4 Å². The Labute approximate surface area is 94.7 Å². The molecule has 1 aromatic rings. The highest BCUT2D eigenvalue weighted by Gasteiger charge is 2.22. The third-order valence-electron chi connectivity index (χ3n) is 2.71. The van der Waals surface area contributed by atoms with E-state index in [4.69, 9.17) is 10.6 Å². The van der Waals surface area contributed by atoms with Crippen molar-refractivity contribution in [1.29, 1.82) is 0 Å². The van der Waals surface area contributed by atoms with Crippen molar-refractivity contribution in [3.63, 3.8) is 0 Å². The molecule has 5 heteroatoms. The first-order valence-corrected chi connectivity index (χ1v) is 5.63. The molecular formula is C11H17N3O2. The molecule has 1 aromatic heterocycles. The molecule has 1 amide bonds. The van der Waals surface area contributed by atoms with Gasteiger partial charge in [-0.15, -0.1) is 0 Å². The molecule has 1 aliphatic rings. The number of nitrogens with two attached hydrogens (primary N) is 1. The van der Waals surface area contributed by atoms with Gasteiger partial charge in [0.15, 0.2) is 0 Å². The Kier molecular flexibility index (Phi) is 3.14. The summed E-state index contributed by atoms with van der Waals surface area (Å²) in [7, 11) is 0. The fraction of sp³-hybridized carbons (Fsp3) is 0.545. The predicted octanol–water partition coefficient (Wildman–Crippen LogP) is 1.26. The third-order valence-corrected chi connectivity index (χ3v) is 2.71. The van der Waals surface area contributed by atoms with E-state index in [1.807, 2.05) is 11.5 Å². The van der Waals surface area contributed by atoms with Crippen molar-refractivity contribution in [1.82, 2.24) is 9.63 Å². The number of hydroxylamine groups is 2. The summed E-state index contributed by atoms with van der Waals surface area (Å²) in [6.45, 7) is 3.99. The van der Waals surface area contributed by atoms with E-state index >= 15 is 0 Å². The number of rotatable bonds is 2. The van der Waals surface area contributed by atoms with Gasteiger partial charge in [0.1, 0.15) is 5.69 Å². The van der Waals surface area contributed by atoms with Crippen molar-refractivity contribution in [3.8, 4) is 0 Å². The normalized spacial score (nSPS) is 16.4. The third kappa shape index (κ3) is 2.04. The van der Waals surface area contributed by atoms with E-state index < -0.39 is 0 Å². The smallest absolute Gasteiger partial charge is 0.294 e. The molecule has 2 N–H and O–H groups in total. The van der Waals surface area contributed by atoms with Gasteiger partial charge in [-0.1, -0.05) is 0 Å². The molecule has 88 valence electrons. The number of hydrogen-bond donors (Lipinski definition) is 1. The molecule has 1 fully saturated rings. The van der Waals surface area contributed by atoms with Gasteiger partial charge in [-0.2, -0.15) is 0 Å². The van der Waals surface area contributed by atoms with Crippen molar-refractivity contribution in [2.45, 2.75) is 26.3 Å². The van der Waals surface area contributed by atoms with Gasteiger partial charge < -0.3 is 10.3 Å². The molecule has 0 radical (unpaired) electrons. The van der Waals surface area contributed by atoms with Gasteiger partial charge in [0.25, 0.3) is 5.91 Å². The van der Waals surface area contributed by atoms with Crippen LogP contribution in [0.5, 0.6) is 0 Å². The molecule has 16 heavy (non-hydrogen) atoms. The van der Waals surface area contributed by atoms with Crippen molar-refractivity contribution in [3.05, 3.63) is 18.0 Å². The fourth-order valence-electron chi connectivity index (χ4n) is 1.86. The molecule has 0 spiro atoms. The number of aromatic nitrogens is 1. The van der Waals surface area contributed by atoms with Crippen molar-refractivity contribution >= 4 is 11.6 Å². The molecule has 1 saturated heterocycles. The molecule has 0 atom stereocenters. The lowest BCUT2D eigenvalue weighted by atomic mass is 10.3. The molecule has 5 nitrogen and oxygen atoms in total. The van der Waals surface area contributed by atoms with E-state index in [0.717, 1.165) is 19.4 Å². The summed E-state index contributed by atoms with van der Waals surface area (Å²) in [5.41, 5.74) is 6.90. The zero-order valence-corrected chi connectivity index (χ0v) is 9.48. The molecule has 0 unspecified atom stereocenters. The lowest BCUT2D eigenvalue weighted by molar-refractivity contribution is -0.144. The van der Waals surface area contributed by atoms with Gasteiger partial charge in [-0.05, 0) is 25.8 Å². The van der Waals surface area contributed by atoms with Crippen LogP contribution in [0.1, 0.15) is 30.3 Å². The minimum atomic E-state index is -0.0988. The lowest BCUT2D eigenvalue weighted by Crippen LogP contribution is -2.36. The molecule has 0 aliphatic carbocycles. The maximum Gasteiger partial charge on any atom is 0.294 e. The van der Waals surface area contributed by atoms with Crippen LogP contribution >= 0.6 is 0 Å². The number of carbonyl (C=O) groups is 1. The molecule has 1 aliphatic heterocycles. The van der Waals surface area contributed by atoms with Crippen LogP contribution in [0.2, 0.25) is 0 Å². The van der Waals surface area contributed by atoms with Crippen LogP contribution in [0.4, 0.5) is 5.69 Å². The Bertz CT molecular complexity index is 381. The van der Waals surface area contributed by atoms with Crippen LogP contribution in [0, 0.1) is 0 Å². The van der Waals surface area contributed by atoms with Crippen LogP contribution in [0.25, 0.3) is 0 Å². The highest BCUT2D eigenvalue weighted by Crippen LogP contribution is 2.15. The highest BCUT2D eigenvalue weighted by atomic mass is 16.7. The van der Waals surface area contributed by atoms with E-state index in [1.54, 1.807) is 12.3 Å². The quantitative estimate of drug-likeness (QED) is 0.821. The molecule has 0 aromatic carbocycles. The maximum atomic E-state index is 12.1. The fourth-order valence-corrected chi connectivity index (χ4v) is 1.86. The number of amides is 1. The van der Waals surface area contributed by atoms with E-state index in [1.165, 1.54) is 5.06 Å². The lowest BCUT2D eigenvalue weighted by Gasteiger charge is -2.26. The second-order valence-electron chi connectivity index (χ2n) is 3.89. The second kappa shape index (κ2) is 4.57. The average Bonchev–Trinajstić information content (AvgIpc) is 2.70. The number of nitrogen functional groups attached to an aromatic ring is 1. The Hall–Kier alpha value is -1.49. The standard InChI is InChI=1S/C11H17N3O2/c1-2-13-8-9(12)7-10(13)11(15)14-5-3-4-6-16-14/h7-8H,2-6,12H2,1H3. The summed E-state index contributed by atoms with van der Waals surface area (Å²) in [6, 6.07) is 1.70. The SMILES string of the molecule is CCn1cc(N)cc1C(=O)N1CCCCO1. The van der Waals surface area contributed by atoms with Crippen LogP contribution in [0.3, 0.4) is 0 Å². The van der Waals surface area contributed by atoms with Crippen molar-refractivity contribution < 1.29 is 9.63 Å². The van der Waals surface area contributed by atoms with Gasteiger partial charge in [0.2, 0.25) is 0 Å². The summed E-state index contributed by atoms with van der Waals surface area (Å²) in [5.74, 6) is -0.0988. The monoisotopic (exact) mass is 223 g/mol. The van der Waals surface area contributed by atoms with Crippen LogP contribution in [0.15, 0.2) is 12.3 Å². The molecule has 2 rings (SSSR count). The minimum absolute atomic E-state index is 0.0988. The van der Waals surface area contributed by atoms with E-state index in [9.17, 15) is 4.79 Å². The number of aryl methyl sites for hydroxylation is 1. The Morgan fingerprint density at radius 2 is 2.38 bits per heavy atom. The molecule has 2 heterocycles. The topological polar surface area (TPSA) is 60.5 Å². The summed E-state index contributed by atoms with van der Waals surface area (Å²) < 4.78 is 1.84. The first-order chi connectivity index (χ1) is 7.72. The largest absolute Gasteiger partial charge is 0.397 e. The summed E-state index contributed by atoms with van der Waals surface area (Å²) in [4.78, 5) is 17.4. The van der Waals surface area contributed by atoms with Gasteiger partial charge in [-0.3, -0.25) is 9.63 Å². The van der Waals surface area contributed by atoms with E-state index in [0.29, 0.717) is 24.5 Å². The number of anilines is 1. The first-order valence-electron chi connectivity index (χ1n) is 5.63. The Balaban J connectivity index is 2.18. The summed E-state index contributed by atoms with van der Waals surface area (Å²) in [6.07, 6.45) is 3.78. The van der Waals surface area contributed by atoms with E-state index in [2.05, 4.69) is 0 Å². The van der Waals surface area contributed by atoms with Crippen LogP contribution < -0.4 is 5.73 Å². The zero-order valence-electron chi connectivity index (χ0n) is 9.48. The second-order valence-corrected chi connectivity index (χ2v) is 3.89. The summed E-state index contributed by atoms with van der Waals surface area (Å²) >= 11 is 0. The molecule has 0 saturated carbocycles. The Morgan fingerprint density at radius 3 is 3.00 bits per heavy atom. The van der Waals surface area contributed by atoms with Gasteiger partial charge in [-0.25, -0.2) is 5.06 Å². The number of hydrogen-bond acceptors (Lipinski definition) is 3. The van der Waals surface area contributed by atoms with Gasteiger partial charge >= 0.3 is 0 Å². The first kappa shape index (κ1) is 11.0. The van der Waals surface area contributed by atoms with Crippen molar-refractivity contribution in [2.24, 2.45) is 0 Å².